The molecule has 0 aliphatic heterocycles. The number of nitro groups is 1. The van der Waals surface area contributed by atoms with Gasteiger partial charge in [-0.3, -0.25) is 14.9 Å². The number of nitrogens with two attached hydrogens (primary N) is 1. The van der Waals surface area contributed by atoms with Crippen molar-refractivity contribution in [2.75, 3.05) is 5.32 Å². The van der Waals surface area contributed by atoms with Gasteiger partial charge in [0.25, 0.3) is 5.69 Å². The molecule has 8 nitrogen and oxygen atoms in total. The first-order valence-corrected chi connectivity index (χ1v) is 5.36. The van der Waals surface area contributed by atoms with Crippen LogP contribution < -0.4 is 16.4 Å². The lowest BCUT2D eigenvalue weighted by Gasteiger charge is -2.22. The van der Waals surface area contributed by atoms with Gasteiger partial charge in [0, 0.05) is 17.8 Å². The summed E-state index contributed by atoms with van der Waals surface area (Å²) in [6, 6.07) is 4.66. The van der Waals surface area contributed by atoms with Gasteiger partial charge in [-0.1, -0.05) is 0 Å². The second-order valence-electron chi connectivity index (χ2n) is 4.37. The number of nitro benzene ring substituents is 1. The van der Waals surface area contributed by atoms with E-state index in [0.717, 1.165) is 0 Å². The van der Waals surface area contributed by atoms with Gasteiger partial charge in [0.05, 0.1) is 4.92 Å². The summed E-state index contributed by atoms with van der Waals surface area (Å²) in [5.41, 5.74) is 4.20. The van der Waals surface area contributed by atoms with Crippen molar-refractivity contribution in [1.29, 1.82) is 0 Å². The van der Waals surface area contributed by atoms with Crippen molar-refractivity contribution >= 4 is 23.3 Å². The van der Waals surface area contributed by atoms with Gasteiger partial charge >= 0.3 is 6.03 Å². The Hall–Kier alpha value is -2.64. The highest BCUT2D eigenvalue weighted by Crippen LogP contribution is 2.15. The van der Waals surface area contributed by atoms with Crippen molar-refractivity contribution in [3.63, 3.8) is 0 Å². The molecule has 19 heavy (non-hydrogen) atoms. The average molecular weight is 266 g/mol. The summed E-state index contributed by atoms with van der Waals surface area (Å²) in [4.78, 5) is 32.5. The molecule has 1 rings (SSSR count). The Morgan fingerprint density at radius 2 is 1.79 bits per heavy atom. The monoisotopic (exact) mass is 266 g/mol. The zero-order valence-corrected chi connectivity index (χ0v) is 10.5. The van der Waals surface area contributed by atoms with Gasteiger partial charge in [-0.15, -0.1) is 0 Å². The van der Waals surface area contributed by atoms with Crippen LogP contribution in [0.2, 0.25) is 0 Å². The van der Waals surface area contributed by atoms with Crippen molar-refractivity contribution in [3.05, 3.63) is 34.4 Å². The van der Waals surface area contributed by atoms with E-state index in [2.05, 4.69) is 10.6 Å². The largest absolute Gasteiger partial charge is 0.368 e. The van der Waals surface area contributed by atoms with Crippen molar-refractivity contribution in [2.45, 2.75) is 19.4 Å². The van der Waals surface area contributed by atoms with Crippen LogP contribution in [-0.2, 0) is 4.79 Å². The summed E-state index contributed by atoms with van der Waals surface area (Å²) in [7, 11) is 0. The molecule has 8 heteroatoms. The SMILES string of the molecule is CC(C)(NC(=O)Nc1ccc([N+](=O)[O-])cc1)C(N)=O. The number of anilines is 1. The number of nitrogens with one attached hydrogen (secondary N) is 2. The van der Waals surface area contributed by atoms with E-state index < -0.39 is 22.4 Å². The van der Waals surface area contributed by atoms with Crippen LogP contribution in [0.25, 0.3) is 0 Å². The lowest BCUT2D eigenvalue weighted by Crippen LogP contribution is -2.54. The van der Waals surface area contributed by atoms with E-state index in [1.807, 2.05) is 0 Å². The van der Waals surface area contributed by atoms with E-state index in [1.54, 1.807) is 0 Å². The molecule has 0 saturated carbocycles. The molecule has 1 aromatic rings. The standard InChI is InChI=1S/C11H14N4O4/c1-11(2,9(12)16)14-10(17)13-7-3-5-8(6-4-7)15(18)19/h3-6H,1-2H3,(H2,12,16)(H2,13,14,17). The molecule has 0 aromatic heterocycles. The van der Waals surface area contributed by atoms with Crippen LogP contribution in [0.5, 0.6) is 0 Å². The Morgan fingerprint density at radius 1 is 1.26 bits per heavy atom. The molecular formula is C11H14N4O4. The van der Waals surface area contributed by atoms with Crippen LogP contribution >= 0.6 is 0 Å². The minimum Gasteiger partial charge on any atom is -0.368 e. The zero-order chi connectivity index (χ0) is 14.6. The first-order chi connectivity index (χ1) is 8.72. The predicted molar refractivity (Wildman–Crippen MR) is 68.5 cm³/mol. The molecule has 0 spiro atoms. The topological polar surface area (TPSA) is 127 Å². The number of hydrogen-bond acceptors (Lipinski definition) is 4. The number of hydrogen-bond donors (Lipinski definition) is 3. The van der Waals surface area contributed by atoms with Gasteiger partial charge < -0.3 is 16.4 Å². The van der Waals surface area contributed by atoms with E-state index >= 15 is 0 Å². The van der Waals surface area contributed by atoms with Crippen molar-refractivity contribution in [1.82, 2.24) is 5.32 Å². The molecule has 0 heterocycles. The summed E-state index contributed by atoms with van der Waals surface area (Å²) in [5.74, 6) is -0.675. The molecule has 0 bridgehead atoms. The van der Waals surface area contributed by atoms with Crippen molar-refractivity contribution in [3.8, 4) is 0 Å². The summed E-state index contributed by atoms with van der Waals surface area (Å²) in [6.45, 7) is 2.93. The third-order valence-electron chi connectivity index (χ3n) is 2.38. The molecule has 3 amide bonds. The minimum absolute atomic E-state index is 0.0802. The number of carbonyl (C=O) groups excluding carboxylic acids is 2. The summed E-state index contributed by atoms with van der Waals surface area (Å²) in [5, 5.41) is 15.3. The van der Waals surface area contributed by atoms with E-state index in [9.17, 15) is 19.7 Å². The fourth-order valence-electron chi connectivity index (χ4n) is 1.17. The van der Waals surface area contributed by atoms with Crippen LogP contribution in [0, 0.1) is 10.1 Å². The molecule has 0 radical (unpaired) electrons. The summed E-state index contributed by atoms with van der Waals surface area (Å²) >= 11 is 0. The molecule has 1 aromatic carbocycles. The quantitative estimate of drug-likeness (QED) is 0.554. The smallest absolute Gasteiger partial charge is 0.320 e. The minimum atomic E-state index is -1.19. The van der Waals surface area contributed by atoms with Gasteiger partial charge in [0.2, 0.25) is 5.91 Å². The molecule has 4 N–H and O–H groups in total. The number of benzene rings is 1. The zero-order valence-electron chi connectivity index (χ0n) is 10.5. The second-order valence-corrected chi connectivity index (χ2v) is 4.37. The molecule has 0 saturated heterocycles. The highest BCUT2D eigenvalue weighted by molar-refractivity contribution is 5.95. The number of amides is 3. The maximum Gasteiger partial charge on any atom is 0.320 e. The Balaban J connectivity index is 2.67. The third kappa shape index (κ3) is 3.95. The molecule has 0 unspecified atom stereocenters. The lowest BCUT2D eigenvalue weighted by atomic mass is 10.1. The van der Waals surface area contributed by atoms with Crippen molar-refractivity contribution < 1.29 is 14.5 Å². The van der Waals surface area contributed by atoms with Crippen LogP contribution in [-0.4, -0.2) is 22.4 Å². The number of carbonyl (C=O) groups is 2. The maximum absolute atomic E-state index is 11.6. The van der Waals surface area contributed by atoms with Gasteiger partial charge in [0.15, 0.2) is 0 Å². The number of primary amides is 1. The Morgan fingerprint density at radius 3 is 2.21 bits per heavy atom. The first-order valence-electron chi connectivity index (χ1n) is 5.36. The Labute approximate surface area is 109 Å². The number of nitrogens with zero attached hydrogens (tertiary/aromatic N) is 1. The third-order valence-corrected chi connectivity index (χ3v) is 2.38. The number of rotatable bonds is 4. The summed E-state index contributed by atoms with van der Waals surface area (Å²) < 4.78 is 0. The lowest BCUT2D eigenvalue weighted by molar-refractivity contribution is -0.384. The van der Waals surface area contributed by atoms with Gasteiger partial charge in [-0.2, -0.15) is 0 Å². The van der Waals surface area contributed by atoms with Gasteiger partial charge in [-0.05, 0) is 26.0 Å². The first kappa shape index (κ1) is 14.4. The second kappa shape index (κ2) is 5.34. The Kier molecular flexibility index (Phi) is 4.05. The predicted octanol–water partition coefficient (Wildman–Crippen LogP) is 0.980. The maximum atomic E-state index is 11.6. The highest BCUT2D eigenvalue weighted by Gasteiger charge is 2.26. The molecule has 0 aliphatic carbocycles. The Bertz CT molecular complexity index is 510. The van der Waals surface area contributed by atoms with Crippen LogP contribution in [0.3, 0.4) is 0 Å². The van der Waals surface area contributed by atoms with E-state index in [0.29, 0.717) is 5.69 Å². The van der Waals surface area contributed by atoms with Crippen LogP contribution in [0.4, 0.5) is 16.2 Å². The molecule has 102 valence electrons. The number of urea groups is 1. The molecular weight excluding hydrogens is 252 g/mol. The molecule has 0 aliphatic rings. The van der Waals surface area contributed by atoms with Crippen LogP contribution in [0.15, 0.2) is 24.3 Å². The normalized spacial score (nSPS) is 10.6. The van der Waals surface area contributed by atoms with Gasteiger partial charge in [0.1, 0.15) is 5.54 Å². The summed E-state index contributed by atoms with van der Waals surface area (Å²) in [6.07, 6.45) is 0. The van der Waals surface area contributed by atoms with Crippen molar-refractivity contribution in [2.24, 2.45) is 5.73 Å². The van der Waals surface area contributed by atoms with E-state index in [4.69, 9.17) is 5.73 Å². The van der Waals surface area contributed by atoms with Gasteiger partial charge in [-0.25, -0.2) is 4.79 Å². The molecule has 0 atom stereocenters. The fourth-order valence-corrected chi connectivity index (χ4v) is 1.17. The fraction of sp³-hybridized carbons (Fsp3) is 0.273. The number of non-ortho nitro benzene ring substituents is 1. The van der Waals surface area contributed by atoms with E-state index in [-0.39, 0.29) is 5.69 Å². The van der Waals surface area contributed by atoms with Crippen LogP contribution in [0.1, 0.15) is 13.8 Å². The molecule has 0 fully saturated rings. The average Bonchev–Trinajstić information content (AvgIpc) is 2.28. The van der Waals surface area contributed by atoms with E-state index in [1.165, 1.54) is 38.1 Å². The highest BCUT2D eigenvalue weighted by atomic mass is 16.6.